The molecule has 14 heavy (non-hydrogen) atoms. The summed E-state index contributed by atoms with van der Waals surface area (Å²) >= 11 is 3.32. The van der Waals surface area contributed by atoms with Crippen LogP contribution in [0.25, 0.3) is 0 Å². The molecule has 1 nitrogen and oxygen atoms in total. The molecule has 0 radical (unpaired) electrons. The third-order valence-electron chi connectivity index (χ3n) is 1.99. The van der Waals surface area contributed by atoms with Gasteiger partial charge in [-0.25, -0.2) is 4.39 Å². The smallest absolute Gasteiger partial charge is 0.169 e. The zero-order chi connectivity index (χ0) is 10.6. The summed E-state index contributed by atoms with van der Waals surface area (Å²) in [6, 6.07) is 3.16. The largest absolute Gasteiger partial charge is 0.489 e. The summed E-state index contributed by atoms with van der Waals surface area (Å²) in [5.41, 5.74) is 0.984. The van der Waals surface area contributed by atoms with Crippen LogP contribution >= 0.6 is 15.9 Å². The number of unbranched alkanes of at least 4 members (excludes halogenated alkanes) is 1. The normalized spacial score (nSPS) is 10.3. The summed E-state index contributed by atoms with van der Waals surface area (Å²) < 4.78 is 19.4. The van der Waals surface area contributed by atoms with E-state index in [4.69, 9.17) is 4.74 Å². The molecule has 0 fully saturated rings. The Balaban J connectivity index is 2.79. The summed E-state index contributed by atoms with van der Waals surface area (Å²) in [7, 11) is 0. The summed E-state index contributed by atoms with van der Waals surface area (Å²) in [5, 5.41) is 0. The number of benzene rings is 1. The molecule has 0 aliphatic rings. The van der Waals surface area contributed by atoms with Crippen LogP contribution in [0.1, 0.15) is 25.3 Å². The predicted molar refractivity (Wildman–Crippen MR) is 59.2 cm³/mol. The van der Waals surface area contributed by atoms with Crippen LogP contribution in [0.2, 0.25) is 0 Å². The fourth-order valence-electron chi connectivity index (χ4n) is 1.08. The fraction of sp³-hybridized carbons (Fsp3) is 0.455. The number of aryl methyl sites for hydroxylation is 1. The van der Waals surface area contributed by atoms with Crippen molar-refractivity contribution >= 4 is 15.9 Å². The SMILES string of the molecule is CCCCOc1c(F)ccc(C)c1Br. The Bertz CT molecular complexity index is 312. The number of ether oxygens (including phenoxy) is 1. The second-order valence-corrected chi connectivity index (χ2v) is 4.00. The van der Waals surface area contributed by atoms with Crippen LogP contribution in [0, 0.1) is 12.7 Å². The van der Waals surface area contributed by atoms with Crippen LogP contribution in [0.15, 0.2) is 16.6 Å². The number of hydrogen-bond donors (Lipinski definition) is 0. The van der Waals surface area contributed by atoms with Crippen molar-refractivity contribution in [2.24, 2.45) is 0 Å². The molecule has 0 aliphatic carbocycles. The lowest BCUT2D eigenvalue weighted by Gasteiger charge is -2.10. The van der Waals surface area contributed by atoms with E-state index in [1.54, 1.807) is 6.07 Å². The molecule has 0 aromatic heterocycles. The van der Waals surface area contributed by atoms with E-state index in [-0.39, 0.29) is 5.82 Å². The first-order valence-corrected chi connectivity index (χ1v) is 5.53. The number of hydrogen-bond acceptors (Lipinski definition) is 1. The maximum atomic E-state index is 13.3. The molecule has 0 N–H and O–H groups in total. The van der Waals surface area contributed by atoms with Crippen LogP contribution in [0.5, 0.6) is 5.75 Å². The van der Waals surface area contributed by atoms with E-state index in [1.165, 1.54) is 6.07 Å². The van der Waals surface area contributed by atoms with Gasteiger partial charge in [0, 0.05) is 0 Å². The van der Waals surface area contributed by atoms with E-state index in [9.17, 15) is 4.39 Å². The topological polar surface area (TPSA) is 9.23 Å². The molecule has 0 spiro atoms. The molecule has 0 saturated heterocycles. The minimum atomic E-state index is -0.307. The van der Waals surface area contributed by atoms with Crippen LogP contribution in [0.3, 0.4) is 0 Å². The van der Waals surface area contributed by atoms with Crippen molar-refractivity contribution in [3.05, 3.63) is 28.0 Å². The standard InChI is InChI=1S/C11H14BrFO/c1-3-4-7-14-11-9(13)6-5-8(2)10(11)12/h5-6H,3-4,7H2,1-2H3. The van der Waals surface area contributed by atoms with Gasteiger partial charge in [0.15, 0.2) is 11.6 Å². The highest BCUT2D eigenvalue weighted by Crippen LogP contribution is 2.31. The summed E-state index contributed by atoms with van der Waals surface area (Å²) in [6.07, 6.45) is 1.99. The Morgan fingerprint density at radius 2 is 2.14 bits per heavy atom. The van der Waals surface area contributed by atoms with Gasteiger partial charge < -0.3 is 4.74 Å². The first kappa shape index (κ1) is 11.5. The molecule has 0 atom stereocenters. The van der Waals surface area contributed by atoms with Gasteiger partial charge in [0.05, 0.1) is 11.1 Å². The number of rotatable bonds is 4. The Kier molecular flexibility index (Phi) is 4.39. The third-order valence-corrected chi connectivity index (χ3v) is 2.97. The molecule has 0 saturated carbocycles. The Morgan fingerprint density at radius 1 is 1.43 bits per heavy atom. The molecule has 0 unspecified atom stereocenters. The van der Waals surface area contributed by atoms with Crippen LogP contribution < -0.4 is 4.74 Å². The quantitative estimate of drug-likeness (QED) is 0.742. The molecule has 0 amide bonds. The van der Waals surface area contributed by atoms with Gasteiger partial charge in [-0.2, -0.15) is 0 Å². The van der Waals surface area contributed by atoms with E-state index in [1.807, 2.05) is 6.92 Å². The molecular formula is C11H14BrFO. The average molecular weight is 261 g/mol. The van der Waals surface area contributed by atoms with Crippen molar-refractivity contribution in [1.82, 2.24) is 0 Å². The second kappa shape index (κ2) is 5.35. The third kappa shape index (κ3) is 2.71. The Hall–Kier alpha value is -0.570. The lowest BCUT2D eigenvalue weighted by atomic mass is 10.2. The first-order chi connectivity index (χ1) is 6.66. The maximum absolute atomic E-state index is 13.3. The summed E-state index contributed by atoms with van der Waals surface area (Å²) in [4.78, 5) is 0. The molecule has 3 heteroatoms. The van der Waals surface area contributed by atoms with E-state index in [0.29, 0.717) is 16.8 Å². The summed E-state index contributed by atoms with van der Waals surface area (Å²) in [6.45, 7) is 4.55. The molecule has 78 valence electrons. The van der Waals surface area contributed by atoms with Crippen molar-refractivity contribution in [3.8, 4) is 5.75 Å². The molecule has 0 heterocycles. The van der Waals surface area contributed by atoms with E-state index < -0.39 is 0 Å². The average Bonchev–Trinajstić information content (AvgIpc) is 2.18. The van der Waals surface area contributed by atoms with Crippen molar-refractivity contribution < 1.29 is 9.13 Å². The van der Waals surface area contributed by atoms with E-state index in [0.717, 1.165) is 18.4 Å². The molecule has 0 aliphatic heterocycles. The Morgan fingerprint density at radius 3 is 2.79 bits per heavy atom. The number of halogens is 2. The first-order valence-electron chi connectivity index (χ1n) is 4.74. The van der Waals surface area contributed by atoms with Crippen molar-refractivity contribution in [3.63, 3.8) is 0 Å². The van der Waals surface area contributed by atoms with Crippen LogP contribution in [0.4, 0.5) is 4.39 Å². The highest BCUT2D eigenvalue weighted by Gasteiger charge is 2.09. The van der Waals surface area contributed by atoms with Gasteiger partial charge >= 0.3 is 0 Å². The zero-order valence-electron chi connectivity index (χ0n) is 8.44. The van der Waals surface area contributed by atoms with Gasteiger partial charge in [-0.15, -0.1) is 0 Å². The predicted octanol–water partition coefficient (Wildman–Crippen LogP) is 4.08. The lowest BCUT2D eigenvalue weighted by Crippen LogP contribution is -2.00. The molecular weight excluding hydrogens is 247 g/mol. The van der Waals surface area contributed by atoms with Gasteiger partial charge in [-0.3, -0.25) is 0 Å². The van der Waals surface area contributed by atoms with Gasteiger partial charge in [-0.05, 0) is 40.9 Å². The van der Waals surface area contributed by atoms with Crippen molar-refractivity contribution in [2.75, 3.05) is 6.61 Å². The van der Waals surface area contributed by atoms with E-state index in [2.05, 4.69) is 22.9 Å². The monoisotopic (exact) mass is 260 g/mol. The zero-order valence-corrected chi connectivity index (χ0v) is 10.0. The minimum Gasteiger partial charge on any atom is -0.489 e. The second-order valence-electron chi connectivity index (χ2n) is 3.21. The van der Waals surface area contributed by atoms with Crippen molar-refractivity contribution in [2.45, 2.75) is 26.7 Å². The van der Waals surface area contributed by atoms with Crippen LogP contribution in [-0.2, 0) is 0 Å². The minimum absolute atomic E-state index is 0.307. The fourth-order valence-corrected chi connectivity index (χ4v) is 1.52. The van der Waals surface area contributed by atoms with Gasteiger partial charge in [0.25, 0.3) is 0 Å². The highest BCUT2D eigenvalue weighted by atomic mass is 79.9. The van der Waals surface area contributed by atoms with Gasteiger partial charge in [0.2, 0.25) is 0 Å². The molecule has 1 aromatic rings. The van der Waals surface area contributed by atoms with Gasteiger partial charge in [-0.1, -0.05) is 19.4 Å². The van der Waals surface area contributed by atoms with E-state index >= 15 is 0 Å². The Labute approximate surface area is 92.4 Å². The van der Waals surface area contributed by atoms with Crippen molar-refractivity contribution in [1.29, 1.82) is 0 Å². The summed E-state index contributed by atoms with van der Waals surface area (Å²) in [5.74, 6) is 0.0250. The molecule has 0 bridgehead atoms. The highest BCUT2D eigenvalue weighted by molar-refractivity contribution is 9.10. The molecule has 1 aromatic carbocycles. The van der Waals surface area contributed by atoms with Gasteiger partial charge in [0.1, 0.15) is 0 Å². The van der Waals surface area contributed by atoms with Crippen LogP contribution in [-0.4, -0.2) is 6.61 Å². The lowest BCUT2D eigenvalue weighted by molar-refractivity contribution is 0.292. The maximum Gasteiger partial charge on any atom is 0.169 e. The molecule has 1 rings (SSSR count).